The van der Waals surface area contributed by atoms with Gasteiger partial charge in [0.2, 0.25) is 0 Å². The molecule has 0 bridgehead atoms. The molecule has 0 amide bonds. The number of ether oxygens (including phenoxy) is 1. The Bertz CT molecular complexity index is 304. The molecule has 0 aromatic heterocycles. The smallest absolute Gasteiger partial charge is 0.165 e. The molecular weight excluding hydrogens is 185 g/mol. The van der Waals surface area contributed by atoms with E-state index in [0.717, 1.165) is 5.69 Å². The first-order valence-electron chi connectivity index (χ1n) is 4.38. The summed E-state index contributed by atoms with van der Waals surface area (Å²) in [5.41, 5.74) is 0.727. The first kappa shape index (κ1) is 10.8. The van der Waals surface area contributed by atoms with Gasteiger partial charge in [0.15, 0.2) is 11.6 Å². The quantitative estimate of drug-likeness (QED) is 0.774. The van der Waals surface area contributed by atoms with E-state index in [1.165, 1.54) is 13.2 Å². The number of hydrogen-bond acceptors (Lipinski definition) is 3. The Kier molecular flexibility index (Phi) is 3.71. The highest BCUT2D eigenvalue weighted by Crippen LogP contribution is 2.21. The van der Waals surface area contributed by atoms with Gasteiger partial charge in [0.25, 0.3) is 0 Å². The van der Waals surface area contributed by atoms with Crippen LogP contribution in [0.15, 0.2) is 18.2 Å². The van der Waals surface area contributed by atoms with Crippen molar-refractivity contribution < 1.29 is 14.2 Å². The van der Waals surface area contributed by atoms with E-state index in [1.807, 2.05) is 6.92 Å². The second kappa shape index (κ2) is 4.81. The maximum atomic E-state index is 13.0. The normalized spacial score (nSPS) is 12.3. The molecule has 0 aliphatic rings. The largest absolute Gasteiger partial charge is 0.494 e. The van der Waals surface area contributed by atoms with Gasteiger partial charge in [0.1, 0.15) is 0 Å². The van der Waals surface area contributed by atoms with Gasteiger partial charge in [-0.25, -0.2) is 4.39 Å². The maximum absolute atomic E-state index is 13.0. The Morgan fingerprint density at radius 1 is 1.57 bits per heavy atom. The van der Waals surface area contributed by atoms with Gasteiger partial charge in [-0.2, -0.15) is 0 Å². The van der Waals surface area contributed by atoms with E-state index in [1.54, 1.807) is 12.1 Å². The van der Waals surface area contributed by atoms with Crippen molar-refractivity contribution in [2.24, 2.45) is 0 Å². The minimum Gasteiger partial charge on any atom is -0.494 e. The van der Waals surface area contributed by atoms with Gasteiger partial charge in [-0.1, -0.05) is 0 Å². The van der Waals surface area contributed by atoms with Crippen LogP contribution >= 0.6 is 0 Å². The van der Waals surface area contributed by atoms with Crippen molar-refractivity contribution in [2.75, 3.05) is 19.0 Å². The highest BCUT2D eigenvalue weighted by atomic mass is 19.1. The predicted molar refractivity (Wildman–Crippen MR) is 53.1 cm³/mol. The van der Waals surface area contributed by atoms with E-state index >= 15 is 0 Å². The van der Waals surface area contributed by atoms with Crippen molar-refractivity contribution in [3.05, 3.63) is 24.0 Å². The van der Waals surface area contributed by atoms with Gasteiger partial charge in [0, 0.05) is 17.8 Å². The summed E-state index contributed by atoms with van der Waals surface area (Å²) in [4.78, 5) is 0. The summed E-state index contributed by atoms with van der Waals surface area (Å²) in [7, 11) is 1.41. The number of rotatable bonds is 4. The van der Waals surface area contributed by atoms with Crippen LogP contribution in [0.5, 0.6) is 5.75 Å². The van der Waals surface area contributed by atoms with Crippen LogP contribution in [-0.4, -0.2) is 24.9 Å². The van der Waals surface area contributed by atoms with Gasteiger partial charge >= 0.3 is 0 Å². The molecule has 0 heterocycles. The summed E-state index contributed by atoms with van der Waals surface area (Å²) >= 11 is 0. The van der Waals surface area contributed by atoms with Gasteiger partial charge < -0.3 is 15.2 Å². The summed E-state index contributed by atoms with van der Waals surface area (Å²) in [5, 5.41) is 11.8. The standard InChI is InChI=1S/C10H14FNO2/c1-7(6-13)12-8-3-4-9(11)10(5-8)14-2/h3-5,7,12-13H,6H2,1-2H3. The third kappa shape index (κ3) is 2.60. The monoisotopic (exact) mass is 199 g/mol. The molecule has 14 heavy (non-hydrogen) atoms. The molecule has 3 nitrogen and oxygen atoms in total. The van der Waals surface area contributed by atoms with E-state index in [-0.39, 0.29) is 18.4 Å². The van der Waals surface area contributed by atoms with Crippen LogP contribution in [0, 0.1) is 5.82 Å². The van der Waals surface area contributed by atoms with Crippen LogP contribution in [0.2, 0.25) is 0 Å². The Balaban J connectivity index is 2.79. The van der Waals surface area contributed by atoms with Crippen molar-refractivity contribution in [1.82, 2.24) is 0 Å². The number of methoxy groups -OCH3 is 1. The molecule has 0 fully saturated rings. The van der Waals surface area contributed by atoms with Crippen LogP contribution in [0.4, 0.5) is 10.1 Å². The molecule has 0 spiro atoms. The van der Waals surface area contributed by atoms with Crippen LogP contribution < -0.4 is 10.1 Å². The third-order valence-electron chi connectivity index (χ3n) is 1.84. The summed E-state index contributed by atoms with van der Waals surface area (Å²) < 4.78 is 17.8. The zero-order chi connectivity index (χ0) is 10.6. The molecule has 4 heteroatoms. The number of aliphatic hydroxyl groups excluding tert-OH is 1. The van der Waals surface area contributed by atoms with Crippen LogP contribution in [0.1, 0.15) is 6.92 Å². The summed E-state index contributed by atoms with van der Waals surface area (Å²) in [5.74, 6) is -0.199. The molecule has 0 aliphatic carbocycles. The molecule has 0 saturated carbocycles. The number of benzene rings is 1. The van der Waals surface area contributed by atoms with Crippen LogP contribution in [0.3, 0.4) is 0 Å². The topological polar surface area (TPSA) is 41.5 Å². The van der Waals surface area contributed by atoms with Gasteiger partial charge in [-0.05, 0) is 19.1 Å². The zero-order valence-corrected chi connectivity index (χ0v) is 8.25. The first-order valence-corrected chi connectivity index (χ1v) is 4.38. The molecule has 1 rings (SSSR count). The summed E-state index contributed by atoms with van der Waals surface area (Å²) in [6, 6.07) is 4.42. The number of halogens is 1. The van der Waals surface area contributed by atoms with Crippen molar-refractivity contribution in [3.8, 4) is 5.75 Å². The fourth-order valence-corrected chi connectivity index (χ4v) is 1.08. The van der Waals surface area contributed by atoms with Gasteiger partial charge in [-0.15, -0.1) is 0 Å². The fraction of sp³-hybridized carbons (Fsp3) is 0.400. The predicted octanol–water partition coefficient (Wildman–Crippen LogP) is 1.63. The molecule has 2 N–H and O–H groups in total. The van der Waals surface area contributed by atoms with E-state index < -0.39 is 5.82 Å². The minimum absolute atomic E-state index is 0.0275. The van der Waals surface area contributed by atoms with Crippen molar-refractivity contribution >= 4 is 5.69 Å². The zero-order valence-electron chi connectivity index (χ0n) is 8.25. The van der Waals surface area contributed by atoms with Crippen molar-refractivity contribution in [3.63, 3.8) is 0 Å². The first-order chi connectivity index (χ1) is 6.67. The average molecular weight is 199 g/mol. The lowest BCUT2D eigenvalue weighted by atomic mass is 10.2. The lowest BCUT2D eigenvalue weighted by Gasteiger charge is -2.13. The second-order valence-corrected chi connectivity index (χ2v) is 3.08. The maximum Gasteiger partial charge on any atom is 0.165 e. The number of nitrogens with one attached hydrogen (secondary N) is 1. The molecule has 1 unspecified atom stereocenters. The summed E-state index contributed by atoms with van der Waals surface area (Å²) in [6.45, 7) is 1.86. The average Bonchev–Trinajstić information content (AvgIpc) is 2.20. The highest BCUT2D eigenvalue weighted by Gasteiger charge is 2.05. The van der Waals surface area contributed by atoms with E-state index in [0.29, 0.717) is 0 Å². The molecule has 1 atom stereocenters. The minimum atomic E-state index is -0.394. The van der Waals surface area contributed by atoms with E-state index in [9.17, 15) is 4.39 Å². The van der Waals surface area contributed by atoms with Crippen molar-refractivity contribution in [1.29, 1.82) is 0 Å². The number of hydrogen-bond donors (Lipinski definition) is 2. The summed E-state index contributed by atoms with van der Waals surface area (Å²) in [6.07, 6.45) is 0. The molecule has 78 valence electrons. The molecular formula is C10H14FNO2. The Hall–Kier alpha value is -1.29. The molecule has 1 aromatic carbocycles. The molecule has 0 saturated heterocycles. The second-order valence-electron chi connectivity index (χ2n) is 3.08. The van der Waals surface area contributed by atoms with Gasteiger partial charge in [0.05, 0.1) is 13.7 Å². The SMILES string of the molecule is COc1cc(NC(C)CO)ccc1F. The van der Waals surface area contributed by atoms with Crippen molar-refractivity contribution in [2.45, 2.75) is 13.0 Å². The Morgan fingerprint density at radius 3 is 2.86 bits per heavy atom. The number of aliphatic hydroxyl groups is 1. The molecule has 1 aromatic rings. The molecule has 0 aliphatic heterocycles. The Morgan fingerprint density at radius 2 is 2.29 bits per heavy atom. The van der Waals surface area contributed by atoms with Crippen LogP contribution in [0.25, 0.3) is 0 Å². The van der Waals surface area contributed by atoms with E-state index in [4.69, 9.17) is 9.84 Å². The fourth-order valence-electron chi connectivity index (χ4n) is 1.08. The van der Waals surface area contributed by atoms with Gasteiger partial charge in [-0.3, -0.25) is 0 Å². The van der Waals surface area contributed by atoms with Crippen LogP contribution in [-0.2, 0) is 0 Å². The molecule has 0 radical (unpaired) electrons. The Labute approximate surface area is 82.5 Å². The lowest BCUT2D eigenvalue weighted by Crippen LogP contribution is -2.19. The highest BCUT2D eigenvalue weighted by molar-refractivity contribution is 5.49. The van der Waals surface area contributed by atoms with E-state index in [2.05, 4.69) is 5.32 Å². The number of anilines is 1. The lowest BCUT2D eigenvalue weighted by molar-refractivity contribution is 0.281. The third-order valence-corrected chi connectivity index (χ3v) is 1.84.